The van der Waals surface area contributed by atoms with Crippen molar-refractivity contribution >= 4 is 5.69 Å². The molecule has 3 nitrogen and oxygen atoms in total. The minimum Gasteiger partial charge on any atom is -0.388 e. The number of rotatable bonds is 4. The molecule has 1 aliphatic rings. The summed E-state index contributed by atoms with van der Waals surface area (Å²) < 4.78 is 0. The van der Waals surface area contributed by atoms with Gasteiger partial charge in [0.25, 0.3) is 0 Å². The van der Waals surface area contributed by atoms with Crippen LogP contribution in [0.15, 0.2) is 24.3 Å². The van der Waals surface area contributed by atoms with Crippen LogP contribution >= 0.6 is 0 Å². The van der Waals surface area contributed by atoms with Gasteiger partial charge in [-0.05, 0) is 38.0 Å². The molecule has 1 aromatic rings. The third kappa shape index (κ3) is 3.48. The third-order valence-electron chi connectivity index (χ3n) is 4.07. The highest BCUT2D eigenvalue weighted by Gasteiger charge is 2.18. The molecular formula is C16H26N2O. The number of nitrogens with zero attached hydrogens (tertiary/aromatic N) is 2. The zero-order valence-electron chi connectivity index (χ0n) is 12.3. The largest absolute Gasteiger partial charge is 0.388 e. The molecular weight excluding hydrogens is 236 g/mol. The average molecular weight is 262 g/mol. The Labute approximate surface area is 116 Å². The molecule has 1 N–H and O–H groups in total. The van der Waals surface area contributed by atoms with Gasteiger partial charge < -0.3 is 10.0 Å². The van der Waals surface area contributed by atoms with Gasteiger partial charge in [-0.1, -0.05) is 19.1 Å². The van der Waals surface area contributed by atoms with Crippen molar-refractivity contribution < 1.29 is 5.11 Å². The molecule has 0 unspecified atom stereocenters. The normalized spacial score (nSPS) is 18.9. The summed E-state index contributed by atoms with van der Waals surface area (Å²) in [5, 5.41) is 9.81. The molecule has 3 heteroatoms. The van der Waals surface area contributed by atoms with E-state index in [0.717, 1.165) is 38.2 Å². The Bertz CT molecular complexity index is 380. The maximum atomic E-state index is 9.81. The summed E-state index contributed by atoms with van der Waals surface area (Å²) in [5.74, 6) is 0. The number of hydrogen-bond donors (Lipinski definition) is 1. The van der Waals surface area contributed by atoms with Crippen molar-refractivity contribution in [3.8, 4) is 0 Å². The van der Waals surface area contributed by atoms with Crippen LogP contribution in [0.25, 0.3) is 0 Å². The molecule has 1 saturated heterocycles. The van der Waals surface area contributed by atoms with Crippen LogP contribution in [0.5, 0.6) is 0 Å². The lowest BCUT2D eigenvalue weighted by Gasteiger charge is -2.38. The van der Waals surface area contributed by atoms with Crippen LogP contribution in [-0.2, 0) is 0 Å². The standard InChI is InChI=1S/C16H26N2O/c1-4-16(19)14-5-7-15(8-6-14)18-11-9-17(10-12-18)13(2)3/h5-8,13,16,19H,4,9-12H2,1-3H3/t16-/m1/s1. The number of aliphatic hydroxyl groups is 1. The third-order valence-corrected chi connectivity index (χ3v) is 4.07. The molecule has 0 radical (unpaired) electrons. The first-order valence-electron chi connectivity index (χ1n) is 7.39. The Morgan fingerprint density at radius 2 is 1.63 bits per heavy atom. The van der Waals surface area contributed by atoms with E-state index in [1.165, 1.54) is 5.69 Å². The van der Waals surface area contributed by atoms with E-state index in [1.807, 2.05) is 6.92 Å². The Morgan fingerprint density at radius 1 is 1.05 bits per heavy atom. The molecule has 0 saturated carbocycles. The quantitative estimate of drug-likeness (QED) is 0.903. The molecule has 2 rings (SSSR count). The summed E-state index contributed by atoms with van der Waals surface area (Å²) in [7, 11) is 0. The molecule has 19 heavy (non-hydrogen) atoms. The SMILES string of the molecule is CC[C@@H](O)c1ccc(N2CCN(C(C)C)CC2)cc1. The Kier molecular flexibility index (Phi) is 4.83. The van der Waals surface area contributed by atoms with Crippen molar-refractivity contribution in [2.24, 2.45) is 0 Å². The van der Waals surface area contributed by atoms with E-state index < -0.39 is 0 Å². The number of aliphatic hydroxyl groups excluding tert-OH is 1. The van der Waals surface area contributed by atoms with E-state index in [9.17, 15) is 5.11 Å². The van der Waals surface area contributed by atoms with Gasteiger partial charge in [0.2, 0.25) is 0 Å². The minimum absolute atomic E-state index is 0.327. The number of piperazine rings is 1. The number of benzene rings is 1. The van der Waals surface area contributed by atoms with Crippen LogP contribution < -0.4 is 4.90 Å². The first-order valence-corrected chi connectivity index (χ1v) is 7.39. The summed E-state index contributed by atoms with van der Waals surface area (Å²) in [5.41, 5.74) is 2.29. The molecule has 1 atom stereocenters. The van der Waals surface area contributed by atoms with Gasteiger partial charge in [-0.2, -0.15) is 0 Å². The van der Waals surface area contributed by atoms with Crippen molar-refractivity contribution in [1.29, 1.82) is 0 Å². The average Bonchev–Trinajstić information content (AvgIpc) is 2.46. The molecule has 0 aromatic heterocycles. The van der Waals surface area contributed by atoms with Gasteiger partial charge in [0.1, 0.15) is 0 Å². The monoisotopic (exact) mass is 262 g/mol. The molecule has 0 spiro atoms. The number of anilines is 1. The van der Waals surface area contributed by atoms with Crippen LogP contribution in [0.3, 0.4) is 0 Å². The van der Waals surface area contributed by atoms with Gasteiger partial charge >= 0.3 is 0 Å². The van der Waals surface area contributed by atoms with Gasteiger partial charge in [0, 0.05) is 37.9 Å². The predicted molar refractivity (Wildman–Crippen MR) is 80.6 cm³/mol. The highest BCUT2D eigenvalue weighted by Crippen LogP contribution is 2.22. The zero-order valence-corrected chi connectivity index (χ0v) is 12.3. The predicted octanol–water partition coefficient (Wildman–Crippen LogP) is 2.66. The van der Waals surface area contributed by atoms with Gasteiger partial charge in [-0.15, -0.1) is 0 Å². The molecule has 0 bridgehead atoms. The molecule has 1 heterocycles. The lowest BCUT2D eigenvalue weighted by atomic mass is 10.1. The van der Waals surface area contributed by atoms with Gasteiger partial charge in [0.15, 0.2) is 0 Å². The highest BCUT2D eigenvalue weighted by atomic mass is 16.3. The summed E-state index contributed by atoms with van der Waals surface area (Å²) in [6.07, 6.45) is 0.443. The van der Waals surface area contributed by atoms with Crippen molar-refractivity contribution in [2.45, 2.75) is 39.3 Å². The Morgan fingerprint density at radius 3 is 2.11 bits per heavy atom. The second-order valence-corrected chi connectivity index (χ2v) is 5.63. The van der Waals surface area contributed by atoms with E-state index in [1.54, 1.807) is 0 Å². The van der Waals surface area contributed by atoms with Gasteiger partial charge in [0.05, 0.1) is 6.10 Å². The molecule has 0 aliphatic carbocycles. The minimum atomic E-state index is -0.327. The van der Waals surface area contributed by atoms with Crippen LogP contribution in [0.1, 0.15) is 38.9 Å². The highest BCUT2D eigenvalue weighted by molar-refractivity contribution is 5.48. The number of hydrogen-bond acceptors (Lipinski definition) is 3. The fourth-order valence-electron chi connectivity index (χ4n) is 2.64. The van der Waals surface area contributed by atoms with Crippen molar-refractivity contribution in [3.05, 3.63) is 29.8 Å². The van der Waals surface area contributed by atoms with Gasteiger partial charge in [-0.3, -0.25) is 4.90 Å². The van der Waals surface area contributed by atoms with Crippen LogP contribution in [0, 0.1) is 0 Å². The summed E-state index contributed by atoms with van der Waals surface area (Å²) in [6, 6.07) is 9.03. The Hall–Kier alpha value is -1.06. The maximum Gasteiger partial charge on any atom is 0.0787 e. The Balaban J connectivity index is 1.96. The van der Waals surface area contributed by atoms with E-state index in [-0.39, 0.29) is 6.10 Å². The van der Waals surface area contributed by atoms with Crippen LogP contribution in [-0.4, -0.2) is 42.2 Å². The fourth-order valence-corrected chi connectivity index (χ4v) is 2.64. The molecule has 1 aliphatic heterocycles. The van der Waals surface area contributed by atoms with Crippen LogP contribution in [0.4, 0.5) is 5.69 Å². The smallest absolute Gasteiger partial charge is 0.0787 e. The summed E-state index contributed by atoms with van der Waals surface area (Å²) in [6.45, 7) is 11.0. The lowest BCUT2D eigenvalue weighted by molar-refractivity contribution is 0.173. The van der Waals surface area contributed by atoms with Crippen molar-refractivity contribution in [2.75, 3.05) is 31.1 Å². The second kappa shape index (κ2) is 6.40. The molecule has 0 amide bonds. The van der Waals surface area contributed by atoms with Gasteiger partial charge in [-0.25, -0.2) is 0 Å². The van der Waals surface area contributed by atoms with E-state index >= 15 is 0 Å². The first kappa shape index (κ1) is 14.4. The van der Waals surface area contributed by atoms with E-state index in [4.69, 9.17) is 0 Å². The fraction of sp³-hybridized carbons (Fsp3) is 0.625. The van der Waals surface area contributed by atoms with Crippen LogP contribution in [0.2, 0.25) is 0 Å². The zero-order chi connectivity index (χ0) is 13.8. The lowest BCUT2D eigenvalue weighted by Crippen LogP contribution is -2.48. The molecule has 106 valence electrons. The van der Waals surface area contributed by atoms with Crippen molar-refractivity contribution in [3.63, 3.8) is 0 Å². The van der Waals surface area contributed by atoms with E-state index in [2.05, 4.69) is 47.9 Å². The van der Waals surface area contributed by atoms with E-state index in [0.29, 0.717) is 6.04 Å². The molecule has 1 fully saturated rings. The summed E-state index contributed by atoms with van der Waals surface area (Å²) in [4.78, 5) is 4.95. The first-order chi connectivity index (χ1) is 9.11. The summed E-state index contributed by atoms with van der Waals surface area (Å²) >= 11 is 0. The topological polar surface area (TPSA) is 26.7 Å². The maximum absolute atomic E-state index is 9.81. The molecule has 1 aromatic carbocycles. The second-order valence-electron chi connectivity index (χ2n) is 5.63. The van der Waals surface area contributed by atoms with Crippen molar-refractivity contribution in [1.82, 2.24) is 4.90 Å².